The van der Waals surface area contributed by atoms with Crippen molar-refractivity contribution in [3.63, 3.8) is 0 Å². The number of aryl methyl sites for hydroxylation is 1. The molecule has 0 aliphatic rings. The van der Waals surface area contributed by atoms with Crippen LogP contribution < -0.4 is 11.4 Å². The highest BCUT2D eigenvalue weighted by Crippen LogP contribution is 2.23. The van der Waals surface area contributed by atoms with Gasteiger partial charge < -0.3 is 10.5 Å². The van der Waals surface area contributed by atoms with Crippen molar-refractivity contribution in [1.82, 2.24) is 9.13 Å². The van der Waals surface area contributed by atoms with E-state index in [1.807, 2.05) is 60.8 Å². The van der Waals surface area contributed by atoms with E-state index in [-0.39, 0.29) is 29.9 Å². The first-order valence-electron chi connectivity index (χ1n) is 10.5. The van der Waals surface area contributed by atoms with E-state index in [4.69, 9.17) is 15.9 Å². The summed E-state index contributed by atoms with van der Waals surface area (Å²) in [5.41, 5.74) is 9.97. The van der Waals surface area contributed by atoms with Crippen LogP contribution in [0.5, 0.6) is 0 Å². The first-order chi connectivity index (χ1) is 16.0. The van der Waals surface area contributed by atoms with Gasteiger partial charge in [0, 0.05) is 23.7 Å². The van der Waals surface area contributed by atoms with E-state index in [0.717, 1.165) is 22.5 Å². The molecule has 3 N–H and O–H groups in total. The van der Waals surface area contributed by atoms with Crippen LogP contribution in [0.3, 0.4) is 0 Å². The number of amidine groups is 1. The Kier molecular flexibility index (Phi) is 7.71. The summed E-state index contributed by atoms with van der Waals surface area (Å²) in [6.07, 6.45) is 2.68. The molecule has 8 heteroatoms. The van der Waals surface area contributed by atoms with Crippen LogP contribution in [0.15, 0.2) is 89.9 Å². The number of nitrogens with two attached hydrogens (primary N) is 1. The van der Waals surface area contributed by atoms with Crippen LogP contribution in [0.1, 0.15) is 17.5 Å². The third kappa shape index (κ3) is 5.10. The van der Waals surface area contributed by atoms with E-state index in [1.54, 1.807) is 33.4 Å². The summed E-state index contributed by atoms with van der Waals surface area (Å²) >= 11 is 0. The van der Waals surface area contributed by atoms with Crippen LogP contribution in [0.2, 0.25) is 0 Å². The number of nitrogen functional groups attached to an aromatic ring is 1. The molecular formula is C26H25ClN4O3. The summed E-state index contributed by atoms with van der Waals surface area (Å²) in [6, 6.07) is 24.3. The van der Waals surface area contributed by atoms with Crippen molar-refractivity contribution in [2.24, 2.45) is 5.73 Å². The summed E-state index contributed by atoms with van der Waals surface area (Å²) in [4.78, 5) is 24.9. The van der Waals surface area contributed by atoms with Gasteiger partial charge in [-0.3, -0.25) is 19.3 Å². The smallest absolute Gasteiger partial charge is 0.337 e. The number of esters is 1. The Balaban J connectivity index is 0.00000324. The number of rotatable bonds is 7. The molecule has 1 aromatic heterocycles. The van der Waals surface area contributed by atoms with Crippen LogP contribution in [0.4, 0.5) is 0 Å². The summed E-state index contributed by atoms with van der Waals surface area (Å²) in [5.74, 6) is -0.279. The zero-order valence-corrected chi connectivity index (χ0v) is 19.4. The topological polar surface area (TPSA) is 103 Å². The number of halogens is 1. The van der Waals surface area contributed by atoms with Crippen molar-refractivity contribution in [3.05, 3.63) is 107 Å². The SMILES string of the molecule is COC(=O)CCc1ccc(-n2c(-c3ccccc3)cn(-c3ccc(C(=N)N)cc3)c2=O)cc1.Cl. The number of imidazole rings is 1. The van der Waals surface area contributed by atoms with Crippen LogP contribution in [-0.4, -0.2) is 28.0 Å². The van der Waals surface area contributed by atoms with E-state index >= 15 is 0 Å². The van der Waals surface area contributed by atoms with Gasteiger partial charge in [-0.05, 0) is 48.4 Å². The Labute approximate surface area is 203 Å². The lowest BCUT2D eigenvalue weighted by atomic mass is 10.1. The second-order valence-corrected chi connectivity index (χ2v) is 7.57. The van der Waals surface area contributed by atoms with Gasteiger partial charge in [0.05, 0.1) is 24.2 Å². The zero-order valence-electron chi connectivity index (χ0n) is 18.6. The van der Waals surface area contributed by atoms with Gasteiger partial charge in [0.25, 0.3) is 0 Å². The quantitative estimate of drug-likeness (QED) is 0.238. The van der Waals surface area contributed by atoms with E-state index in [9.17, 15) is 9.59 Å². The van der Waals surface area contributed by atoms with Crippen LogP contribution in [-0.2, 0) is 16.0 Å². The lowest BCUT2D eigenvalue weighted by Crippen LogP contribution is -2.22. The van der Waals surface area contributed by atoms with E-state index < -0.39 is 0 Å². The van der Waals surface area contributed by atoms with Gasteiger partial charge in [0.15, 0.2) is 0 Å². The van der Waals surface area contributed by atoms with Crippen molar-refractivity contribution >= 4 is 24.2 Å². The van der Waals surface area contributed by atoms with Crippen LogP contribution in [0, 0.1) is 5.41 Å². The fourth-order valence-electron chi connectivity index (χ4n) is 3.65. The Morgan fingerprint density at radius 1 is 0.941 bits per heavy atom. The lowest BCUT2D eigenvalue weighted by Gasteiger charge is -2.09. The van der Waals surface area contributed by atoms with Crippen LogP contribution >= 0.6 is 12.4 Å². The standard InChI is InChI=1S/C26H24N4O3.ClH/c1-33-24(31)16-9-18-7-12-22(13-8-18)30-23(19-5-3-2-4-6-19)17-29(26(30)32)21-14-10-20(11-15-21)25(27)28;/h2-8,10-15,17H,9,16H2,1H3,(H3,27,28);1H. The van der Waals surface area contributed by atoms with Crippen LogP contribution in [0.25, 0.3) is 22.6 Å². The maximum atomic E-state index is 13.5. The molecule has 0 radical (unpaired) electrons. The number of hydrogen-bond donors (Lipinski definition) is 2. The predicted octanol–water partition coefficient (Wildman–Crippen LogP) is 4.11. The van der Waals surface area contributed by atoms with Gasteiger partial charge in [-0.25, -0.2) is 4.79 Å². The minimum absolute atomic E-state index is 0. The Bertz CT molecular complexity index is 1340. The molecule has 1 heterocycles. The molecule has 7 nitrogen and oxygen atoms in total. The van der Waals surface area contributed by atoms with Crippen molar-refractivity contribution < 1.29 is 9.53 Å². The first-order valence-corrected chi connectivity index (χ1v) is 10.5. The molecule has 174 valence electrons. The molecular weight excluding hydrogens is 452 g/mol. The first kappa shape index (κ1) is 24.5. The molecule has 0 fully saturated rings. The Morgan fingerprint density at radius 3 is 2.15 bits per heavy atom. The van der Waals surface area contributed by atoms with Gasteiger partial charge in [0.2, 0.25) is 0 Å². The normalized spacial score (nSPS) is 10.4. The summed E-state index contributed by atoms with van der Waals surface area (Å²) < 4.78 is 7.95. The minimum atomic E-state index is -0.255. The molecule has 0 unspecified atom stereocenters. The number of carbonyl (C=O) groups excluding carboxylic acids is 1. The van der Waals surface area contributed by atoms with E-state index in [1.165, 1.54) is 7.11 Å². The highest BCUT2D eigenvalue weighted by molar-refractivity contribution is 5.95. The van der Waals surface area contributed by atoms with Gasteiger partial charge >= 0.3 is 11.7 Å². The Hall–Kier alpha value is -4.10. The molecule has 3 aromatic carbocycles. The summed E-state index contributed by atoms with van der Waals surface area (Å²) in [7, 11) is 1.38. The predicted molar refractivity (Wildman–Crippen MR) is 135 cm³/mol. The molecule has 0 saturated heterocycles. The molecule has 0 spiro atoms. The number of ether oxygens (including phenoxy) is 1. The molecule has 0 amide bonds. The minimum Gasteiger partial charge on any atom is -0.469 e. The lowest BCUT2D eigenvalue weighted by molar-refractivity contribution is -0.140. The fraction of sp³-hybridized carbons (Fsp3) is 0.115. The number of methoxy groups -OCH3 is 1. The molecule has 4 rings (SSSR count). The largest absolute Gasteiger partial charge is 0.469 e. The molecule has 34 heavy (non-hydrogen) atoms. The molecule has 0 aliphatic heterocycles. The maximum absolute atomic E-state index is 13.5. The monoisotopic (exact) mass is 476 g/mol. The van der Waals surface area contributed by atoms with Gasteiger partial charge in [-0.15, -0.1) is 12.4 Å². The second-order valence-electron chi connectivity index (χ2n) is 7.57. The van der Waals surface area contributed by atoms with Gasteiger partial charge in [-0.2, -0.15) is 0 Å². The molecule has 0 bridgehead atoms. The average molecular weight is 477 g/mol. The highest BCUT2D eigenvalue weighted by atomic mass is 35.5. The molecule has 0 saturated carbocycles. The second kappa shape index (κ2) is 10.7. The van der Waals surface area contributed by atoms with Crippen molar-refractivity contribution in [2.45, 2.75) is 12.8 Å². The summed E-state index contributed by atoms with van der Waals surface area (Å²) in [5, 5.41) is 7.58. The molecule has 0 aliphatic carbocycles. The summed E-state index contributed by atoms with van der Waals surface area (Å²) in [6.45, 7) is 0. The average Bonchev–Trinajstić information content (AvgIpc) is 3.20. The van der Waals surface area contributed by atoms with E-state index in [2.05, 4.69) is 0 Å². The molecule has 4 aromatic rings. The number of aromatic nitrogens is 2. The molecule has 0 atom stereocenters. The van der Waals surface area contributed by atoms with Crippen molar-refractivity contribution in [2.75, 3.05) is 7.11 Å². The maximum Gasteiger partial charge on any atom is 0.337 e. The van der Waals surface area contributed by atoms with E-state index in [0.29, 0.717) is 24.1 Å². The Morgan fingerprint density at radius 2 is 1.56 bits per heavy atom. The van der Waals surface area contributed by atoms with Crippen molar-refractivity contribution in [1.29, 1.82) is 5.41 Å². The number of nitrogens with one attached hydrogen (secondary N) is 1. The van der Waals surface area contributed by atoms with Gasteiger partial charge in [-0.1, -0.05) is 42.5 Å². The van der Waals surface area contributed by atoms with Crippen molar-refractivity contribution in [3.8, 4) is 22.6 Å². The number of benzene rings is 3. The third-order valence-corrected chi connectivity index (χ3v) is 5.46. The fourth-order valence-corrected chi connectivity index (χ4v) is 3.65. The van der Waals surface area contributed by atoms with Gasteiger partial charge in [0.1, 0.15) is 5.84 Å². The highest BCUT2D eigenvalue weighted by Gasteiger charge is 2.16. The number of nitrogens with zero attached hydrogens (tertiary/aromatic N) is 2. The number of hydrogen-bond acceptors (Lipinski definition) is 4. The third-order valence-electron chi connectivity index (χ3n) is 5.46. The number of carbonyl (C=O) groups is 1. The zero-order chi connectivity index (χ0) is 23.4.